The van der Waals surface area contributed by atoms with Crippen molar-refractivity contribution in [2.45, 2.75) is 13.3 Å². The molecule has 0 aliphatic carbocycles. The van der Waals surface area contributed by atoms with Gasteiger partial charge in [0.15, 0.2) is 0 Å². The lowest BCUT2D eigenvalue weighted by atomic mass is 10.2. The van der Waals surface area contributed by atoms with Crippen LogP contribution in [0.25, 0.3) is 0 Å². The smallest absolute Gasteiger partial charge is 0.142 e. The van der Waals surface area contributed by atoms with Gasteiger partial charge in [-0.2, -0.15) is 0 Å². The molecule has 15 heavy (non-hydrogen) atoms. The maximum atomic E-state index is 5.52. The van der Waals surface area contributed by atoms with Gasteiger partial charge in [-0.15, -0.1) is 0 Å². The molecule has 0 saturated heterocycles. The molecule has 0 aliphatic rings. The van der Waals surface area contributed by atoms with Gasteiger partial charge in [0.2, 0.25) is 0 Å². The van der Waals surface area contributed by atoms with Crippen LogP contribution in [0.5, 0.6) is 5.75 Å². The summed E-state index contributed by atoms with van der Waals surface area (Å²) < 4.78 is 5.34. The van der Waals surface area contributed by atoms with Gasteiger partial charge in [0.1, 0.15) is 5.75 Å². The lowest BCUT2D eigenvalue weighted by molar-refractivity contribution is 0.414. The van der Waals surface area contributed by atoms with Gasteiger partial charge in [-0.25, -0.2) is 0 Å². The molecule has 1 aromatic carbocycles. The molecule has 1 aromatic rings. The number of nitrogens with two attached hydrogens (primary N) is 1. The van der Waals surface area contributed by atoms with Gasteiger partial charge >= 0.3 is 0 Å². The third-order valence-electron chi connectivity index (χ3n) is 2.44. The third kappa shape index (κ3) is 3.13. The molecule has 0 bridgehead atoms. The first-order valence-corrected chi connectivity index (χ1v) is 5.41. The fraction of sp³-hybridized carbons (Fsp3) is 0.500. The predicted octanol–water partition coefficient (Wildman–Crippen LogP) is 1.87. The number of rotatable bonds is 6. The second kappa shape index (κ2) is 6.30. The number of ether oxygens (including phenoxy) is 1. The van der Waals surface area contributed by atoms with Crippen molar-refractivity contribution < 1.29 is 4.74 Å². The molecule has 0 unspecified atom stereocenters. The first-order chi connectivity index (χ1) is 7.33. The van der Waals surface area contributed by atoms with E-state index >= 15 is 0 Å². The zero-order valence-electron chi connectivity index (χ0n) is 9.57. The van der Waals surface area contributed by atoms with Gasteiger partial charge < -0.3 is 15.4 Å². The minimum absolute atomic E-state index is 0.728. The third-order valence-corrected chi connectivity index (χ3v) is 2.44. The number of nitrogens with zero attached hydrogens (tertiary/aromatic N) is 1. The van der Waals surface area contributed by atoms with E-state index in [9.17, 15) is 0 Å². The lowest BCUT2D eigenvalue weighted by Gasteiger charge is -2.24. The molecule has 0 atom stereocenters. The Labute approximate surface area is 91.8 Å². The molecule has 2 N–H and O–H groups in total. The van der Waals surface area contributed by atoms with Crippen molar-refractivity contribution in [3.8, 4) is 5.75 Å². The number of methoxy groups -OCH3 is 1. The summed E-state index contributed by atoms with van der Waals surface area (Å²) in [4.78, 5) is 2.28. The van der Waals surface area contributed by atoms with Crippen molar-refractivity contribution in [1.82, 2.24) is 0 Å². The summed E-state index contributed by atoms with van der Waals surface area (Å²) in [5.74, 6) is 0.927. The molecule has 0 fully saturated rings. The number of para-hydroxylation sites is 2. The maximum absolute atomic E-state index is 5.52. The van der Waals surface area contributed by atoms with Crippen LogP contribution in [0, 0.1) is 0 Å². The fourth-order valence-corrected chi connectivity index (χ4v) is 1.62. The highest BCUT2D eigenvalue weighted by Crippen LogP contribution is 2.27. The summed E-state index contributed by atoms with van der Waals surface area (Å²) in [6.45, 7) is 4.82. The van der Waals surface area contributed by atoms with E-state index in [4.69, 9.17) is 10.5 Å². The molecule has 0 radical (unpaired) electrons. The molecule has 3 heteroatoms. The second-order valence-corrected chi connectivity index (χ2v) is 3.39. The van der Waals surface area contributed by atoms with Crippen LogP contribution in [-0.2, 0) is 0 Å². The molecular weight excluding hydrogens is 188 g/mol. The molecule has 0 heterocycles. The van der Waals surface area contributed by atoms with Gasteiger partial charge in [0.25, 0.3) is 0 Å². The minimum atomic E-state index is 0.728. The van der Waals surface area contributed by atoms with Crippen LogP contribution in [0.2, 0.25) is 0 Å². The number of hydrogen-bond donors (Lipinski definition) is 1. The Balaban J connectivity index is 2.80. The highest BCUT2D eigenvalue weighted by atomic mass is 16.5. The van der Waals surface area contributed by atoms with Crippen molar-refractivity contribution in [2.75, 3.05) is 31.6 Å². The normalized spacial score (nSPS) is 10.1. The maximum Gasteiger partial charge on any atom is 0.142 e. The predicted molar refractivity (Wildman–Crippen MR) is 64.6 cm³/mol. The highest BCUT2D eigenvalue weighted by molar-refractivity contribution is 5.58. The Kier molecular flexibility index (Phi) is 4.98. The van der Waals surface area contributed by atoms with E-state index in [2.05, 4.69) is 17.9 Å². The van der Waals surface area contributed by atoms with Crippen molar-refractivity contribution in [2.24, 2.45) is 5.73 Å². The van der Waals surface area contributed by atoms with Crippen LogP contribution < -0.4 is 15.4 Å². The van der Waals surface area contributed by atoms with E-state index in [0.29, 0.717) is 0 Å². The summed E-state index contributed by atoms with van der Waals surface area (Å²) in [6.07, 6.45) is 1.01. The van der Waals surface area contributed by atoms with Crippen LogP contribution in [-0.4, -0.2) is 26.7 Å². The van der Waals surface area contributed by atoms with E-state index < -0.39 is 0 Å². The number of benzene rings is 1. The zero-order chi connectivity index (χ0) is 11.1. The summed E-state index contributed by atoms with van der Waals surface area (Å²) in [5, 5.41) is 0. The quantitative estimate of drug-likeness (QED) is 0.775. The Morgan fingerprint density at radius 2 is 2.07 bits per heavy atom. The second-order valence-electron chi connectivity index (χ2n) is 3.39. The van der Waals surface area contributed by atoms with E-state index in [0.717, 1.165) is 37.5 Å². The van der Waals surface area contributed by atoms with Gasteiger partial charge in [0, 0.05) is 13.1 Å². The Hall–Kier alpha value is -1.22. The van der Waals surface area contributed by atoms with E-state index in [1.807, 2.05) is 18.2 Å². The summed E-state index contributed by atoms with van der Waals surface area (Å²) in [5.41, 5.74) is 6.67. The van der Waals surface area contributed by atoms with Crippen LogP contribution >= 0.6 is 0 Å². The van der Waals surface area contributed by atoms with E-state index in [1.165, 1.54) is 0 Å². The SMILES string of the molecule is CCN(CCCN)c1ccccc1OC. The molecule has 84 valence electrons. The molecule has 0 aromatic heterocycles. The average Bonchev–Trinajstić information content (AvgIpc) is 2.30. The number of hydrogen-bond acceptors (Lipinski definition) is 3. The minimum Gasteiger partial charge on any atom is -0.495 e. The van der Waals surface area contributed by atoms with Crippen LogP contribution in [0.1, 0.15) is 13.3 Å². The topological polar surface area (TPSA) is 38.5 Å². The molecular formula is C12H20N2O. The monoisotopic (exact) mass is 208 g/mol. The highest BCUT2D eigenvalue weighted by Gasteiger charge is 2.08. The summed E-state index contributed by atoms with van der Waals surface area (Å²) in [7, 11) is 1.70. The van der Waals surface area contributed by atoms with Crippen LogP contribution in [0.15, 0.2) is 24.3 Å². The standard InChI is InChI=1S/C12H20N2O/c1-3-14(10-6-9-13)11-7-4-5-8-12(11)15-2/h4-5,7-8H,3,6,9-10,13H2,1-2H3. The van der Waals surface area contributed by atoms with Crippen LogP contribution in [0.4, 0.5) is 5.69 Å². The fourth-order valence-electron chi connectivity index (χ4n) is 1.62. The molecule has 0 spiro atoms. The Bertz CT molecular complexity index is 289. The van der Waals surface area contributed by atoms with Gasteiger partial charge in [0.05, 0.1) is 12.8 Å². The first kappa shape index (κ1) is 11.9. The largest absolute Gasteiger partial charge is 0.495 e. The lowest BCUT2D eigenvalue weighted by Crippen LogP contribution is -2.26. The molecule has 0 saturated carbocycles. The van der Waals surface area contributed by atoms with Crippen molar-refractivity contribution >= 4 is 5.69 Å². The Morgan fingerprint density at radius 1 is 1.33 bits per heavy atom. The van der Waals surface area contributed by atoms with Gasteiger partial charge in [-0.3, -0.25) is 0 Å². The van der Waals surface area contributed by atoms with Gasteiger partial charge in [-0.1, -0.05) is 12.1 Å². The van der Waals surface area contributed by atoms with Crippen LogP contribution in [0.3, 0.4) is 0 Å². The molecule has 0 aliphatic heterocycles. The number of anilines is 1. The Morgan fingerprint density at radius 3 is 2.67 bits per heavy atom. The summed E-state index contributed by atoms with van der Waals surface area (Å²) >= 11 is 0. The molecule has 1 rings (SSSR count). The van der Waals surface area contributed by atoms with Gasteiger partial charge in [-0.05, 0) is 32.0 Å². The summed E-state index contributed by atoms with van der Waals surface area (Å²) in [6, 6.07) is 8.08. The van der Waals surface area contributed by atoms with E-state index in [-0.39, 0.29) is 0 Å². The van der Waals surface area contributed by atoms with E-state index in [1.54, 1.807) is 7.11 Å². The molecule has 3 nitrogen and oxygen atoms in total. The van der Waals surface area contributed by atoms with Crippen molar-refractivity contribution in [1.29, 1.82) is 0 Å². The molecule has 0 amide bonds. The van der Waals surface area contributed by atoms with Crippen molar-refractivity contribution in [3.63, 3.8) is 0 Å². The average molecular weight is 208 g/mol. The first-order valence-electron chi connectivity index (χ1n) is 5.41. The zero-order valence-corrected chi connectivity index (χ0v) is 9.57. The van der Waals surface area contributed by atoms with Crippen molar-refractivity contribution in [3.05, 3.63) is 24.3 Å².